The maximum Gasteiger partial charge on any atom is 0.131 e. The first-order chi connectivity index (χ1) is 15.1. The van der Waals surface area contributed by atoms with Crippen molar-refractivity contribution >= 4 is 0 Å². The van der Waals surface area contributed by atoms with Gasteiger partial charge < -0.3 is 4.74 Å². The zero-order valence-corrected chi connectivity index (χ0v) is 17.9. The highest BCUT2D eigenvalue weighted by Gasteiger charge is 2.23. The number of methoxy groups -OCH3 is 1. The average Bonchev–Trinajstić information content (AvgIpc) is 2.80. The minimum atomic E-state index is -0.316. The molecule has 0 unspecified atom stereocenters. The van der Waals surface area contributed by atoms with Crippen LogP contribution in [0.25, 0.3) is 22.3 Å². The standard InChI is InChI=1S/C28H28F2O/c1-3-19-4-8-21(9-5-19)25-14-12-23(16-27(25)29)24-13-15-26(28(30)17-24)22-10-6-20(7-11-22)18-31-2/h3,6-7,10-17,19,21H,1,4-5,8-9,18H2,2H3/t19-,21-. The Morgan fingerprint density at radius 3 is 2.03 bits per heavy atom. The third-order valence-electron chi connectivity index (χ3n) is 6.42. The molecule has 0 atom stereocenters. The van der Waals surface area contributed by atoms with E-state index in [1.807, 2.05) is 48.5 Å². The minimum absolute atomic E-state index is 0.197. The Morgan fingerprint density at radius 2 is 1.45 bits per heavy atom. The number of ether oxygens (including phenoxy) is 1. The molecule has 31 heavy (non-hydrogen) atoms. The Kier molecular flexibility index (Phi) is 6.62. The first kappa shape index (κ1) is 21.5. The molecule has 0 saturated heterocycles. The quantitative estimate of drug-likeness (QED) is 0.370. The van der Waals surface area contributed by atoms with Crippen LogP contribution in [-0.4, -0.2) is 7.11 Å². The Hall–Kier alpha value is -2.78. The van der Waals surface area contributed by atoms with Crippen molar-refractivity contribution in [3.05, 3.63) is 96.1 Å². The van der Waals surface area contributed by atoms with Crippen molar-refractivity contribution in [2.75, 3.05) is 7.11 Å². The molecule has 4 rings (SSSR count). The van der Waals surface area contributed by atoms with Crippen LogP contribution in [0.1, 0.15) is 42.7 Å². The highest BCUT2D eigenvalue weighted by molar-refractivity contribution is 5.71. The number of hydrogen-bond donors (Lipinski definition) is 0. The first-order valence-electron chi connectivity index (χ1n) is 10.9. The maximum absolute atomic E-state index is 14.9. The summed E-state index contributed by atoms with van der Waals surface area (Å²) in [6, 6.07) is 18.1. The summed E-state index contributed by atoms with van der Waals surface area (Å²) in [7, 11) is 1.65. The zero-order valence-electron chi connectivity index (χ0n) is 17.9. The van der Waals surface area contributed by atoms with Gasteiger partial charge in [0.25, 0.3) is 0 Å². The second-order valence-corrected chi connectivity index (χ2v) is 8.41. The Labute approximate surface area is 183 Å². The van der Waals surface area contributed by atoms with Crippen LogP contribution in [0, 0.1) is 17.6 Å². The molecule has 1 aliphatic rings. The summed E-state index contributed by atoms with van der Waals surface area (Å²) in [5.41, 5.74) is 4.53. The lowest BCUT2D eigenvalue weighted by Crippen LogP contribution is -2.12. The van der Waals surface area contributed by atoms with Crippen molar-refractivity contribution in [1.82, 2.24) is 0 Å². The summed E-state index contributed by atoms with van der Waals surface area (Å²) in [6.45, 7) is 4.41. The van der Waals surface area contributed by atoms with Gasteiger partial charge in [0, 0.05) is 12.7 Å². The number of allylic oxidation sites excluding steroid dienone is 1. The van der Waals surface area contributed by atoms with Crippen LogP contribution in [0.2, 0.25) is 0 Å². The van der Waals surface area contributed by atoms with Crippen LogP contribution in [0.4, 0.5) is 8.78 Å². The smallest absolute Gasteiger partial charge is 0.131 e. The topological polar surface area (TPSA) is 9.23 Å². The van der Waals surface area contributed by atoms with Gasteiger partial charge in [0.15, 0.2) is 0 Å². The van der Waals surface area contributed by atoms with E-state index in [9.17, 15) is 8.78 Å². The van der Waals surface area contributed by atoms with Crippen LogP contribution in [-0.2, 0) is 11.3 Å². The zero-order chi connectivity index (χ0) is 21.8. The van der Waals surface area contributed by atoms with Gasteiger partial charge in [-0.3, -0.25) is 0 Å². The Morgan fingerprint density at radius 1 is 0.839 bits per heavy atom. The maximum atomic E-state index is 14.9. The highest BCUT2D eigenvalue weighted by Crippen LogP contribution is 2.38. The summed E-state index contributed by atoms with van der Waals surface area (Å²) in [6.07, 6.45) is 6.11. The van der Waals surface area contributed by atoms with Crippen LogP contribution in [0.3, 0.4) is 0 Å². The summed E-state index contributed by atoms with van der Waals surface area (Å²) in [5, 5.41) is 0. The van der Waals surface area contributed by atoms with Crippen LogP contribution in [0.5, 0.6) is 0 Å². The van der Waals surface area contributed by atoms with Crippen molar-refractivity contribution in [3.63, 3.8) is 0 Å². The molecule has 1 aliphatic carbocycles. The van der Waals surface area contributed by atoms with Gasteiger partial charge in [-0.15, -0.1) is 6.58 Å². The molecular formula is C28H28F2O. The molecule has 0 amide bonds. The van der Waals surface area contributed by atoms with Gasteiger partial charge in [0.1, 0.15) is 11.6 Å². The van der Waals surface area contributed by atoms with E-state index in [0.29, 0.717) is 29.2 Å². The van der Waals surface area contributed by atoms with E-state index in [1.165, 1.54) is 6.07 Å². The fraction of sp³-hybridized carbons (Fsp3) is 0.286. The van der Waals surface area contributed by atoms with Crippen LogP contribution in [0.15, 0.2) is 73.3 Å². The molecule has 0 heterocycles. The molecule has 0 N–H and O–H groups in total. The molecule has 3 heteroatoms. The predicted octanol–water partition coefficient (Wildman–Crippen LogP) is 7.91. The van der Waals surface area contributed by atoms with E-state index in [4.69, 9.17) is 4.74 Å². The largest absolute Gasteiger partial charge is 0.380 e. The molecular weight excluding hydrogens is 390 g/mol. The molecule has 3 aromatic carbocycles. The van der Waals surface area contributed by atoms with E-state index in [0.717, 1.165) is 42.4 Å². The van der Waals surface area contributed by atoms with Crippen molar-refractivity contribution in [2.24, 2.45) is 5.92 Å². The predicted molar refractivity (Wildman–Crippen MR) is 123 cm³/mol. The lowest BCUT2D eigenvalue weighted by atomic mass is 9.78. The van der Waals surface area contributed by atoms with Gasteiger partial charge in [-0.2, -0.15) is 0 Å². The molecule has 1 fully saturated rings. The first-order valence-corrected chi connectivity index (χ1v) is 10.9. The number of benzene rings is 3. The summed E-state index contributed by atoms with van der Waals surface area (Å²) in [5.74, 6) is 0.295. The van der Waals surface area contributed by atoms with E-state index in [2.05, 4.69) is 6.58 Å². The molecule has 0 spiro atoms. The lowest BCUT2D eigenvalue weighted by Gasteiger charge is -2.27. The summed E-state index contributed by atoms with van der Waals surface area (Å²) in [4.78, 5) is 0. The summed E-state index contributed by atoms with van der Waals surface area (Å²) < 4.78 is 34.9. The number of rotatable bonds is 6. The molecule has 0 aliphatic heterocycles. The molecule has 3 aromatic rings. The van der Waals surface area contributed by atoms with Gasteiger partial charge in [0.2, 0.25) is 0 Å². The van der Waals surface area contributed by atoms with Gasteiger partial charge >= 0.3 is 0 Å². The van der Waals surface area contributed by atoms with Gasteiger partial charge in [-0.25, -0.2) is 8.78 Å². The highest BCUT2D eigenvalue weighted by atomic mass is 19.1. The van der Waals surface area contributed by atoms with E-state index in [-0.39, 0.29) is 17.6 Å². The Bertz CT molecular complexity index is 1050. The number of halogens is 2. The SMILES string of the molecule is C=C[C@H]1CC[C@H](c2ccc(-c3ccc(-c4ccc(COC)cc4)c(F)c3)cc2F)CC1. The van der Waals surface area contributed by atoms with Crippen molar-refractivity contribution in [1.29, 1.82) is 0 Å². The average molecular weight is 419 g/mol. The van der Waals surface area contributed by atoms with Gasteiger partial charge in [-0.1, -0.05) is 54.6 Å². The Balaban J connectivity index is 1.54. The third kappa shape index (κ3) is 4.77. The monoisotopic (exact) mass is 418 g/mol. The third-order valence-corrected chi connectivity index (χ3v) is 6.42. The van der Waals surface area contributed by atoms with Gasteiger partial charge in [0.05, 0.1) is 6.61 Å². The van der Waals surface area contributed by atoms with Crippen molar-refractivity contribution < 1.29 is 13.5 Å². The fourth-order valence-electron chi connectivity index (χ4n) is 4.58. The van der Waals surface area contributed by atoms with E-state index >= 15 is 0 Å². The molecule has 0 aromatic heterocycles. The number of hydrogen-bond acceptors (Lipinski definition) is 1. The lowest BCUT2D eigenvalue weighted by molar-refractivity contribution is 0.185. The molecule has 0 radical (unpaired) electrons. The van der Waals surface area contributed by atoms with Crippen LogP contribution < -0.4 is 0 Å². The minimum Gasteiger partial charge on any atom is -0.380 e. The fourth-order valence-corrected chi connectivity index (χ4v) is 4.58. The normalized spacial score (nSPS) is 18.7. The van der Waals surface area contributed by atoms with E-state index < -0.39 is 0 Å². The van der Waals surface area contributed by atoms with Crippen molar-refractivity contribution in [3.8, 4) is 22.3 Å². The van der Waals surface area contributed by atoms with Crippen molar-refractivity contribution in [2.45, 2.75) is 38.2 Å². The second-order valence-electron chi connectivity index (χ2n) is 8.41. The van der Waals surface area contributed by atoms with E-state index in [1.54, 1.807) is 19.2 Å². The van der Waals surface area contributed by atoms with Crippen LogP contribution >= 0.6 is 0 Å². The molecule has 1 nitrogen and oxygen atoms in total. The molecule has 1 saturated carbocycles. The second kappa shape index (κ2) is 9.57. The summed E-state index contributed by atoms with van der Waals surface area (Å²) >= 11 is 0. The van der Waals surface area contributed by atoms with Gasteiger partial charge in [-0.05, 0) is 77.5 Å². The molecule has 160 valence electrons. The molecule has 0 bridgehead atoms.